The van der Waals surface area contributed by atoms with Crippen LogP contribution in [-0.2, 0) is 4.74 Å². The Kier molecular flexibility index (Phi) is 6.11. The quantitative estimate of drug-likeness (QED) is 0.489. The number of carbonyl (C=O) groups excluding carboxylic acids is 1. The molecule has 108 valence electrons. The van der Waals surface area contributed by atoms with Gasteiger partial charge in [-0.1, -0.05) is 42.5 Å². The molecule has 1 aromatic carbocycles. The second kappa shape index (κ2) is 8.09. The molecule has 20 heavy (non-hydrogen) atoms. The van der Waals surface area contributed by atoms with Gasteiger partial charge in [0.15, 0.2) is 0 Å². The molecule has 4 nitrogen and oxygen atoms in total. The molecule has 1 fully saturated rings. The molecule has 1 heterocycles. The highest BCUT2D eigenvalue weighted by atomic mass is 32.1. The van der Waals surface area contributed by atoms with Crippen molar-refractivity contribution in [1.29, 1.82) is 0 Å². The zero-order valence-corrected chi connectivity index (χ0v) is 12.3. The van der Waals surface area contributed by atoms with E-state index in [1.54, 1.807) is 12.1 Å². The molecule has 0 aliphatic carbocycles. The van der Waals surface area contributed by atoms with Gasteiger partial charge in [0.25, 0.3) is 0 Å². The van der Waals surface area contributed by atoms with Crippen molar-refractivity contribution in [3.05, 3.63) is 35.9 Å². The normalized spacial score (nSPS) is 15.8. The maximum Gasteiger partial charge on any atom is 0.219 e. The van der Waals surface area contributed by atoms with Crippen LogP contribution in [0.2, 0.25) is 0 Å². The standard InChI is InChI=1S/C15H20N2O2S/c18-14(13-5-2-1-3-6-13)15(20)16-7-4-8-17-9-11-19-12-10-17/h1-3,5-6H,4,7-12H2,(H,16,20). The Balaban J connectivity index is 1.66. The smallest absolute Gasteiger partial charge is 0.219 e. The Morgan fingerprint density at radius 3 is 2.65 bits per heavy atom. The lowest BCUT2D eigenvalue weighted by atomic mass is 10.1. The Morgan fingerprint density at radius 2 is 1.95 bits per heavy atom. The summed E-state index contributed by atoms with van der Waals surface area (Å²) >= 11 is 5.13. The Labute approximate surface area is 125 Å². The SMILES string of the molecule is O=C(C(=S)NCCCN1CCOCC1)c1ccccc1. The first-order valence-electron chi connectivity index (χ1n) is 6.95. The van der Waals surface area contributed by atoms with E-state index < -0.39 is 0 Å². The first-order chi connectivity index (χ1) is 9.77. The summed E-state index contributed by atoms with van der Waals surface area (Å²) in [6.45, 7) is 5.37. The molecule has 1 aliphatic heterocycles. The van der Waals surface area contributed by atoms with Crippen LogP contribution >= 0.6 is 12.2 Å². The minimum atomic E-state index is -0.105. The van der Waals surface area contributed by atoms with Gasteiger partial charge < -0.3 is 10.1 Å². The van der Waals surface area contributed by atoms with Crippen LogP contribution in [-0.4, -0.2) is 55.1 Å². The van der Waals surface area contributed by atoms with E-state index in [1.807, 2.05) is 18.2 Å². The van der Waals surface area contributed by atoms with E-state index in [1.165, 1.54) is 0 Å². The van der Waals surface area contributed by atoms with Gasteiger partial charge in [0, 0.05) is 25.2 Å². The van der Waals surface area contributed by atoms with Gasteiger partial charge in [-0.15, -0.1) is 0 Å². The molecule has 0 unspecified atom stereocenters. The zero-order chi connectivity index (χ0) is 14.2. The minimum Gasteiger partial charge on any atom is -0.379 e. The lowest BCUT2D eigenvalue weighted by Gasteiger charge is -2.26. The van der Waals surface area contributed by atoms with E-state index in [2.05, 4.69) is 10.2 Å². The van der Waals surface area contributed by atoms with E-state index in [-0.39, 0.29) is 5.78 Å². The van der Waals surface area contributed by atoms with Crippen molar-refractivity contribution in [3.63, 3.8) is 0 Å². The second-order valence-corrected chi connectivity index (χ2v) is 5.17. The maximum atomic E-state index is 12.0. The number of nitrogens with zero attached hydrogens (tertiary/aromatic N) is 1. The third kappa shape index (κ3) is 4.67. The number of benzene rings is 1. The molecule has 0 atom stereocenters. The van der Waals surface area contributed by atoms with Crippen LogP contribution in [0.1, 0.15) is 16.8 Å². The largest absolute Gasteiger partial charge is 0.379 e. The van der Waals surface area contributed by atoms with Crippen LogP contribution in [0.3, 0.4) is 0 Å². The molecule has 0 bridgehead atoms. The number of hydrogen-bond donors (Lipinski definition) is 1. The van der Waals surface area contributed by atoms with Crippen LogP contribution in [0, 0.1) is 0 Å². The third-order valence-electron chi connectivity index (χ3n) is 3.28. The van der Waals surface area contributed by atoms with Crippen LogP contribution in [0.4, 0.5) is 0 Å². The topological polar surface area (TPSA) is 41.6 Å². The lowest BCUT2D eigenvalue weighted by Crippen LogP contribution is -2.38. The van der Waals surface area contributed by atoms with E-state index in [0.29, 0.717) is 10.6 Å². The number of rotatable bonds is 6. The van der Waals surface area contributed by atoms with Gasteiger partial charge in [-0.2, -0.15) is 0 Å². The molecule has 1 saturated heterocycles. The highest BCUT2D eigenvalue weighted by Gasteiger charge is 2.12. The summed E-state index contributed by atoms with van der Waals surface area (Å²) in [6.07, 6.45) is 0.974. The lowest BCUT2D eigenvalue weighted by molar-refractivity contribution is 0.0376. The fourth-order valence-electron chi connectivity index (χ4n) is 2.13. The average Bonchev–Trinajstić information content (AvgIpc) is 2.52. The summed E-state index contributed by atoms with van der Waals surface area (Å²) in [5.74, 6) is -0.105. The fourth-order valence-corrected chi connectivity index (χ4v) is 2.35. The molecular weight excluding hydrogens is 272 g/mol. The van der Waals surface area contributed by atoms with Crippen LogP contribution in [0.15, 0.2) is 30.3 Å². The summed E-state index contributed by atoms with van der Waals surface area (Å²) in [5, 5.41) is 3.04. The van der Waals surface area contributed by atoms with Gasteiger partial charge in [0.05, 0.1) is 13.2 Å². The molecule has 2 rings (SSSR count). The van der Waals surface area contributed by atoms with Crippen molar-refractivity contribution in [3.8, 4) is 0 Å². The number of nitrogens with one attached hydrogen (secondary N) is 1. The van der Waals surface area contributed by atoms with Crippen LogP contribution < -0.4 is 5.32 Å². The average molecular weight is 292 g/mol. The Hall–Kier alpha value is -1.30. The summed E-state index contributed by atoms with van der Waals surface area (Å²) in [7, 11) is 0. The summed E-state index contributed by atoms with van der Waals surface area (Å²) in [4.78, 5) is 14.7. The summed E-state index contributed by atoms with van der Waals surface area (Å²) in [6, 6.07) is 9.13. The molecule has 0 saturated carbocycles. The fraction of sp³-hybridized carbons (Fsp3) is 0.467. The summed E-state index contributed by atoms with van der Waals surface area (Å²) in [5.41, 5.74) is 0.637. The van der Waals surface area contributed by atoms with Gasteiger partial charge in [0.1, 0.15) is 4.99 Å². The summed E-state index contributed by atoms with van der Waals surface area (Å²) < 4.78 is 5.30. The van der Waals surface area contributed by atoms with Gasteiger partial charge in [0.2, 0.25) is 5.78 Å². The maximum absolute atomic E-state index is 12.0. The van der Waals surface area contributed by atoms with Crippen molar-refractivity contribution in [1.82, 2.24) is 10.2 Å². The number of hydrogen-bond acceptors (Lipinski definition) is 4. The number of Topliss-reactive ketones (excluding diaryl/α,β-unsaturated/α-hetero) is 1. The molecule has 0 amide bonds. The molecule has 1 aliphatic rings. The van der Waals surface area contributed by atoms with E-state index in [9.17, 15) is 4.79 Å². The zero-order valence-electron chi connectivity index (χ0n) is 11.5. The molecule has 0 spiro atoms. The molecule has 5 heteroatoms. The molecule has 0 radical (unpaired) electrons. The Morgan fingerprint density at radius 1 is 1.25 bits per heavy atom. The number of ether oxygens (including phenoxy) is 1. The highest BCUT2D eigenvalue weighted by molar-refractivity contribution is 7.82. The first-order valence-corrected chi connectivity index (χ1v) is 7.36. The number of morpholine rings is 1. The van der Waals surface area contributed by atoms with Crippen molar-refractivity contribution in [2.45, 2.75) is 6.42 Å². The van der Waals surface area contributed by atoms with Crippen molar-refractivity contribution >= 4 is 23.0 Å². The molecule has 0 aromatic heterocycles. The van der Waals surface area contributed by atoms with E-state index >= 15 is 0 Å². The van der Waals surface area contributed by atoms with Gasteiger partial charge in [-0.3, -0.25) is 9.69 Å². The number of thiocarbonyl (C=S) groups is 1. The van der Waals surface area contributed by atoms with Crippen molar-refractivity contribution < 1.29 is 9.53 Å². The monoisotopic (exact) mass is 292 g/mol. The van der Waals surface area contributed by atoms with E-state index in [0.717, 1.165) is 45.8 Å². The van der Waals surface area contributed by atoms with E-state index in [4.69, 9.17) is 17.0 Å². The van der Waals surface area contributed by atoms with Crippen molar-refractivity contribution in [2.75, 3.05) is 39.4 Å². The number of ketones is 1. The molecule has 1 aromatic rings. The highest BCUT2D eigenvalue weighted by Crippen LogP contribution is 2.01. The van der Waals surface area contributed by atoms with Crippen LogP contribution in [0.25, 0.3) is 0 Å². The van der Waals surface area contributed by atoms with Gasteiger partial charge in [-0.05, 0) is 13.0 Å². The predicted octanol–water partition coefficient (Wildman–Crippen LogP) is 1.51. The van der Waals surface area contributed by atoms with Gasteiger partial charge in [-0.25, -0.2) is 0 Å². The molecular formula is C15H20N2O2S. The third-order valence-corrected chi connectivity index (χ3v) is 3.61. The molecule has 1 N–H and O–H groups in total. The van der Waals surface area contributed by atoms with Crippen molar-refractivity contribution in [2.24, 2.45) is 0 Å². The second-order valence-electron chi connectivity index (χ2n) is 4.76. The number of carbonyl (C=O) groups is 1. The van der Waals surface area contributed by atoms with Crippen LogP contribution in [0.5, 0.6) is 0 Å². The first kappa shape index (κ1) is 15.1. The predicted molar refractivity (Wildman–Crippen MR) is 83.2 cm³/mol. The minimum absolute atomic E-state index is 0.105. The van der Waals surface area contributed by atoms with Gasteiger partial charge >= 0.3 is 0 Å². The Bertz CT molecular complexity index is 444.